The van der Waals surface area contributed by atoms with Gasteiger partial charge in [0.15, 0.2) is 5.82 Å². The van der Waals surface area contributed by atoms with Gasteiger partial charge in [-0.2, -0.15) is 4.98 Å². The fraction of sp³-hybridized carbons (Fsp3) is 0.600. The van der Waals surface area contributed by atoms with Crippen molar-refractivity contribution >= 4 is 6.03 Å². The molecule has 130 valence electrons. The van der Waals surface area contributed by atoms with Crippen LogP contribution in [0.5, 0.6) is 0 Å². The number of rotatable bonds is 6. The minimum Gasteiger partial charge on any atom is -0.384 e. The second-order valence-corrected chi connectivity index (χ2v) is 5.72. The lowest BCUT2D eigenvalue weighted by Gasteiger charge is -2.22. The highest BCUT2D eigenvalue weighted by Crippen LogP contribution is 2.31. The highest BCUT2D eigenvalue weighted by Gasteiger charge is 2.32. The molecule has 9 nitrogen and oxygen atoms in total. The van der Waals surface area contributed by atoms with Crippen molar-refractivity contribution in [3.05, 3.63) is 29.2 Å². The topological polar surface area (TPSA) is 107 Å². The van der Waals surface area contributed by atoms with Crippen molar-refractivity contribution in [2.75, 3.05) is 20.3 Å². The predicted octanol–water partition coefficient (Wildman–Crippen LogP) is 1.60. The average molecular weight is 335 g/mol. The van der Waals surface area contributed by atoms with Gasteiger partial charge < -0.3 is 24.0 Å². The predicted molar refractivity (Wildman–Crippen MR) is 82.0 cm³/mol. The number of aromatic nitrogens is 3. The summed E-state index contributed by atoms with van der Waals surface area (Å²) in [5.74, 6) is 1.69. The van der Waals surface area contributed by atoms with E-state index in [0.29, 0.717) is 31.3 Å². The summed E-state index contributed by atoms with van der Waals surface area (Å²) in [5, 5.41) is 10.7. The molecule has 24 heavy (non-hydrogen) atoms. The molecule has 0 aliphatic carbocycles. The zero-order valence-electron chi connectivity index (χ0n) is 13.8. The van der Waals surface area contributed by atoms with E-state index in [1.165, 1.54) is 0 Å². The molecule has 3 heterocycles. The molecule has 1 aliphatic heterocycles. The number of ether oxygens (including phenoxy) is 1. The third kappa shape index (κ3) is 3.73. The number of carbonyl (C=O) groups is 1. The van der Waals surface area contributed by atoms with Crippen molar-refractivity contribution in [2.24, 2.45) is 0 Å². The molecule has 0 aromatic carbocycles. The van der Waals surface area contributed by atoms with Crippen LogP contribution < -0.4 is 5.32 Å². The van der Waals surface area contributed by atoms with Crippen molar-refractivity contribution in [3.63, 3.8) is 0 Å². The lowest BCUT2D eigenvalue weighted by molar-refractivity contribution is 0.188. The minimum atomic E-state index is -0.171. The van der Waals surface area contributed by atoms with E-state index in [1.807, 2.05) is 13.0 Å². The first-order valence-corrected chi connectivity index (χ1v) is 7.95. The van der Waals surface area contributed by atoms with E-state index < -0.39 is 0 Å². The second kappa shape index (κ2) is 7.43. The fourth-order valence-corrected chi connectivity index (χ4v) is 2.77. The molecule has 1 fully saturated rings. The zero-order valence-corrected chi connectivity index (χ0v) is 13.8. The number of hydrogen-bond donors (Lipinski definition) is 1. The molecule has 2 aromatic heterocycles. The number of nitrogens with one attached hydrogen (secondary N) is 1. The number of likely N-dealkylation sites (tertiary alicyclic amines) is 1. The van der Waals surface area contributed by atoms with Crippen LogP contribution in [0.4, 0.5) is 4.79 Å². The average Bonchev–Trinajstić information content (AvgIpc) is 3.30. The van der Waals surface area contributed by atoms with E-state index in [4.69, 9.17) is 13.8 Å². The van der Waals surface area contributed by atoms with Gasteiger partial charge >= 0.3 is 6.03 Å². The van der Waals surface area contributed by atoms with Crippen LogP contribution in [0.15, 0.2) is 15.1 Å². The molecule has 1 atom stereocenters. The van der Waals surface area contributed by atoms with Crippen LogP contribution in [0.3, 0.4) is 0 Å². The molecule has 2 aromatic rings. The number of hydrogen-bond acceptors (Lipinski definition) is 7. The minimum absolute atomic E-state index is 0.0533. The third-order valence-electron chi connectivity index (χ3n) is 3.93. The highest BCUT2D eigenvalue weighted by atomic mass is 16.5. The Hall–Kier alpha value is -2.42. The van der Waals surface area contributed by atoms with E-state index in [0.717, 1.165) is 24.3 Å². The van der Waals surface area contributed by atoms with Crippen LogP contribution in [0, 0.1) is 6.92 Å². The summed E-state index contributed by atoms with van der Waals surface area (Å²) in [6.45, 7) is 3.25. The quantitative estimate of drug-likeness (QED) is 0.854. The molecule has 0 radical (unpaired) electrons. The molecule has 0 spiro atoms. The van der Waals surface area contributed by atoms with Crippen LogP contribution in [0.2, 0.25) is 0 Å². The Morgan fingerprint density at radius 1 is 1.46 bits per heavy atom. The van der Waals surface area contributed by atoms with Gasteiger partial charge in [0, 0.05) is 26.1 Å². The first kappa shape index (κ1) is 16.4. The Bertz CT molecular complexity index is 683. The van der Waals surface area contributed by atoms with Crippen LogP contribution in [-0.2, 0) is 17.7 Å². The number of amides is 2. The van der Waals surface area contributed by atoms with E-state index >= 15 is 0 Å². The Kier molecular flexibility index (Phi) is 5.09. The summed E-state index contributed by atoms with van der Waals surface area (Å²) in [6.07, 6.45) is 2.39. The normalized spacial score (nSPS) is 17.4. The number of methoxy groups -OCH3 is 1. The molecular formula is C15H21N5O4. The number of carbonyl (C=O) groups excluding carboxylic acids is 1. The molecule has 1 aliphatic rings. The molecule has 2 amide bonds. The molecule has 1 saturated heterocycles. The van der Waals surface area contributed by atoms with E-state index in [9.17, 15) is 4.79 Å². The van der Waals surface area contributed by atoms with Gasteiger partial charge in [0.25, 0.3) is 0 Å². The van der Waals surface area contributed by atoms with Gasteiger partial charge in [-0.05, 0) is 19.8 Å². The monoisotopic (exact) mass is 335 g/mol. The van der Waals surface area contributed by atoms with Gasteiger partial charge in [0.1, 0.15) is 11.5 Å². The van der Waals surface area contributed by atoms with Gasteiger partial charge in [0.2, 0.25) is 5.89 Å². The van der Waals surface area contributed by atoms with Crippen molar-refractivity contribution < 1.29 is 18.6 Å². The summed E-state index contributed by atoms with van der Waals surface area (Å²) in [4.78, 5) is 18.4. The van der Waals surface area contributed by atoms with E-state index in [2.05, 4.69) is 20.6 Å². The molecule has 0 bridgehead atoms. The highest BCUT2D eigenvalue weighted by molar-refractivity contribution is 5.74. The molecular weight excluding hydrogens is 314 g/mol. The first-order valence-electron chi connectivity index (χ1n) is 7.95. The summed E-state index contributed by atoms with van der Waals surface area (Å²) >= 11 is 0. The smallest absolute Gasteiger partial charge is 0.318 e. The fourth-order valence-electron chi connectivity index (χ4n) is 2.77. The zero-order chi connectivity index (χ0) is 16.9. The number of nitrogens with zero attached hydrogens (tertiary/aromatic N) is 4. The van der Waals surface area contributed by atoms with Crippen molar-refractivity contribution in [3.8, 4) is 0 Å². The van der Waals surface area contributed by atoms with Crippen molar-refractivity contribution in [1.82, 2.24) is 25.5 Å². The molecule has 1 unspecified atom stereocenters. The van der Waals surface area contributed by atoms with Gasteiger partial charge in [-0.3, -0.25) is 0 Å². The summed E-state index contributed by atoms with van der Waals surface area (Å²) in [5.41, 5.74) is 0.791. The SMILES string of the molecule is COCCc1noc(CNC(=O)N2CCCC2c2cc(C)on2)n1. The van der Waals surface area contributed by atoms with Gasteiger partial charge in [-0.25, -0.2) is 4.79 Å². The summed E-state index contributed by atoms with van der Waals surface area (Å²) < 4.78 is 15.2. The van der Waals surface area contributed by atoms with Crippen LogP contribution >= 0.6 is 0 Å². The molecule has 0 saturated carbocycles. The Morgan fingerprint density at radius 2 is 2.33 bits per heavy atom. The first-order chi connectivity index (χ1) is 11.7. The van der Waals surface area contributed by atoms with Gasteiger partial charge in [0.05, 0.1) is 19.2 Å². The number of urea groups is 1. The second-order valence-electron chi connectivity index (χ2n) is 5.72. The lowest BCUT2D eigenvalue weighted by Crippen LogP contribution is -2.39. The van der Waals surface area contributed by atoms with Crippen LogP contribution in [-0.4, -0.2) is 46.5 Å². The van der Waals surface area contributed by atoms with E-state index in [1.54, 1.807) is 12.0 Å². The Balaban J connectivity index is 1.55. The van der Waals surface area contributed by atoms with Gasteiger partial charge in [-0.15, -0.1) is 0 Å². The summed E-state index contributed by atoms with van der Waals surface area (Å²) in [6, 6.07) is 1.65. The van der Waals surface area contributed by atoms with Crippen LogP contribution in [0.1, 0.15) is 42.1 Å². The van der Waals surface area contributed by atoms with Crippen molar-refractivity contribution in [2.45, 2.75) is 38.8 Å². The van der Waals surface area contributed by atoms with Crippen molar-refractivity contribution in [1.29, 1.82) is 0 Å². The number of aryl methyl sites for hydroxylation is 1. The molecule has 3 rings (SSSR count). The Labute approximate surface area is 139 Å². The van der Waals surface area contributed by atoms with Gasteiger partial charge in [-0.1, -0.05) is 10.3 Å². The molecule has 1 N–H and O–H groups in total. The standard InChI is InChI=1S/C15H21N5O4/c1-10-8-11(18-23-10)12-4-3-6-20(12)15(21)16-9-14-17-13(19-24-14)5-7-22-2/h8,12H,3-7,9H2,1-2H3,(H,16,21). The Morgan fingerprint density at radius 3 is 3.08 bits per heavy atom. The molecule has 9 heteroatoms. The largest absolute Gasteiger partial charge is 0.384 e. The maximum absolute atomic E-state index is 12.4. The van der Waals surface area contributed by atoms with Crippen LogP contribution in [0.25, 0.3) is 0 Å². The maximum atomic E-state index is 12.4. The third-order valence-corrected chi connectivity index (χ3v) is 3.93. The lowest BCUT2D eigenvalue weighted by atomic mass is 10.1. The van der Waals surface area contributed by atoms with E-state index in [-0.39, 0.29) is 18.6 Å². The maximum Gasteiger partial charge on any atom is 0.318 e. The summed E-state index contributed by atoms with van der Waals surface area (Å²) in [7, 11) is 1.62.